The van der Waals surface area contributed by atoms with E-state index in [0.717, 1.165) is 17.0 Å². The van der Waals surface area contributed by atoms with E-state index in [1.54, 1.807) is 4.90 Å². The van der Waals surface area contributed by atoms with Crippen LogP contribution < -0.4 is 4.90 Å². The second kappa shape index (κ2) is 7.98. The molecule has 144 valence electrons. The molecule has 3 heterocycles. The van der Waals surface area contributed by atoms with E-state index in [-0.39, 0.29) is 24.9 Å². The molecule has 1 fully saturated rings. The highest BCUT2D eigenvalue weighted by molar-refractivity contribution is 7.13. The maximum absolute atomic E-state index is 12.4. The number of nitrogens with zero attached hydrogens (tertiary/aromatic N) is 2. The number of carbonyl (C=O) groups excluding carboxylic acids is 2. The first-order valence-corrected chi connectivity index (χ1v) is 10.1. The average molecular weight is 396 g/mol. The summed E-state index contributed by atoms with van der Waals surface area (Å²) >= 11 is 1.53. The molecule has 0 spiro atoms. The van der Waals surface area contributed by atoms with Crippen molar-refractivity contribution >= 4 is 28.9 Å². The number of hydrogen-bond acceptors (Lipinski definition) is 6. The lowest BCUT2D eigenvalue weighted by atomic mass is 10.1. The molecule has 28 heavy (non-hydrogen) atoms. The maximum atomic E-state index is 12.4. The van der Waals surface area contributed by atoms with Gasteiger partial charge in [-0.15, -0.1) is 11.3 Å². The molecule has 1 aromatic carbocycles. The maximum Gasteiger partial charge on any atom is 0.311 e. The first kappa shape index (κ1) is 18.4. The van der Waals surface area contributed by atoms with Gasteiger partial charge in [0.2, 0.25) is 11.8 Å². The number of carbonyl (C=O) groups is 2. The molecule has 1 saturated heterocycles. The van der Waals surface area contributed by atoms with E-state index in [0.29, 0.717) is 18.1 Å². The SMILES string of the molecule is CCc1ccc(N2C[C@H](C(=O)OCc3coc(-c4cccs4)n3)CC2=O)cc1. The van der Waals surface area contributed by atoms with E-state index in [9.17, 15) is 9.59 Å². The molecule has 1 aliphatic rings. The number of ether oxygens (including phenoxy) is 1. The van der Waals surface area contributed by atoms with Crippen molar-refractivity contribution in [2.45, 2.75) is 26.4 Å². The molecule has 0 radical (unpaired) electrons. The molecule has 4 rings (SSSR count). The van der Waals surface area contributed by atoms with E-state index in [2.05, 4.69) is 11.9 Å². The van der Waals surface area contributed by atoms with Crippen molar-refractivity contribution in [3.8, 4) is 10.8 Å². The van der Waals surface area contributed by atoms with E-state index >= 15 is 0 Å². The van der Waals surface area contributed by atoms with Crippen molar-refractivity contribution in [3.63, 3.8) is 0 Å². The number of anilines is 1. The smallest absolute Gasteiger partial charge is 0.311 e. The molecule has 0 unspecified atom stereocenters. The number of benzene rings is 1. The van der Waals surface area contributed by atoms with Gasteiger partial charge in [-0.3, -0.25) is 9.59 Å². The first-order chi connectivity index (χ1) is 13.6. The fourth-order valence-electron chi connectivity index (χ4n) is 3.18. The molecule has 2 aromatic heterocycles. The lowest BCUT2D eigenvalue weighted by molar-refractivity contribution is -0.149. The van der Waals surface area contributed by atoms with Gasteiger partial charge in [-0.2, -0.15) is 0 Å². The van der Waals surface area contributed by atoms with Crippen LogP contribution >= 0.6 is 11.3 Å². The minimum Gasteiger partial charge on any atom is -0.459 e. The Balaban J connectivity index is 1.34. The lowest BCUT2D eigenvalue weighted by Gasteiger charge is -2.16. The van der Waals surface area contributed by atoms with Gasteiger partial charge in [0, 0.05) is 18.7 Å². The van der Waals surface area contributed by atoms with Gasteiger partial charge in [0.05, 0.1) is 10.8 Å². The second-order valence-electron chi connectivity index (χ2n) is 6.65. The van der Waals surface area contributed by atoms with Crippen LogP contribution in [0.2, 0.25) is 0 Å². The number of oxazole rings is 1. The summed E-state index contributed by atoms with van der Waals surface area (Å²) < 4.78 is 10.8. The minimum atomic E-state index is -0.470. The molecule has 6 nitrogen and oxygen atoms in total. The zero-order valence-electron chi connectivity index (χ0n) is 15.5. The van der Waals surface area contributed by atoms with Gasteiger partial charge < -0.3 is 14.1 Å². The van der Waals surface area contributed by atoms with Crippen molar-refractivity contribution in [2.75, 3.05) is 11.4 Å². The highest BCUT2D eigenvalue weighted by Crippen LogP contribution is 2.27. The first-order valence-electron chi connectivity index (χ1n) is 9.18. The highest BCUT2D eigenvalue weighted by Gasteiger charge is 2.36. The van der Waals surface area contributed by atoms with E-state index in [4.69, 9.17) is 9.15 Å². The monoisotopic (exact) mass is 396 g/mol. The van der Waals surface area contributed by atoms with Crippen molar-refractivity contribution in [1.82, 2.24) is 4.98 Å². The minimum absolute atomic E-state index is 0.0313. The zero-order valence-corrected chi connectivity index (χ0v) is 16.3. The van der Waals surface area contributed by atoms with Crippen LogP contribution in [0.4, 0.5) is 5.69 Å². The number of aromatic nitrogens is 1. The van der Waals surface area contributed by atoms with Crippen molar-refractivity contribution < 1.29 is 18.7 Å². The Labute approximate surface area is 166 Å². The molecular weight excluding hydrogens is 376 g/mol. The van der Waals surface area contributed by atoms with Crippen LogP contribution in [-0.4, -0.2) is 23.4 Å². The summed E-state index contributed by atoms with van der Waals surface area (Å²) in [5.74, 6) is -0.407. The van der Waals surface area contributed by atoms with Gasteiger partial charge >= 0.3 is 5.97 Å². The summed E-state index contributed by atoms with van der Waals surface area (Å²) in [5, 5.41) is 1.94. The summed E-state index contributed by atoms with van der Waals surface area (Å²) in [6.07, 6.45) is 2.59. The fraction of sp³-hybridized carbons (Fsp3) is 0.286. The van der Waals surface area contributed by atoms with Gasteiger partial charge in [0.15, 0.2) is 0 Å². The molecule has 1 amide bonds. The number of amides is 1. The van der Waals surface area contributed by atoms with Gasteiger partial charge in [0.25, 0.3) is 0 Å². The van der Waals surface area contributed by atoms with Gasteiger partial charge in [-0.1, -0.05) is 25.1 Å². The number of thiophene rings is 1. The summed E-state index contributed by atoms with van der Waals surface area (Å²) in [5.41, 5.74) is 2.57. The number of rotatable bonds is 6. The summed E-state index contributed by atoms with van der Waals surface area (Å²) in [6.45, 7) is 2.45. The van der Waals surface area contributed by atoms with Crippen LogP contribution in [0.1, 0.15) is 24.6 Å². The molecule has 1 aliphatic heterocycles. The molecule has 1 atom stereocenters. The number of aryl methyl sites for hydroxylation is 1. The summed E-state index contributed by atoms with van der Waals surface area (Å²) in [6, 6.07) is 11.7. The average Bonchev–Trinajstić information content (AvgIpc) is 3.46. The Morgan fingerprint density at radius 3 is 2.86 bits per heavy atom. The molecular formula is C21H20N2O4S. The third-order valence-electron chi connectivity index (χ3n) is 4.76. The Kier molecular flexibility index (Phi) is 5.25. The van der Waals surface area contributed by atoms with E-state index in [1.165, 1.54) is 23.2 Å². The molecule has 0 bridgehead atoms. The topological polar surface area (TPSA) is 72.6 Å². The third kappa shape index (κ3) is 3.84. The highest BCUT2D eigenvalue weighted by atomic mass is 32.1. The van der Waals surface area contributed by atoms with Crippen LogP contribution in [0, 0.1) is 5.92 Å². The van der Waals surface area contributed by atoms with E-state index < -0.39 is 5.92 Å². The van der Waals surface area contributed by atoms with Crippen LogP contribution in [-0.2, 0) is 27.4 Å². The number of esters is 1. The normalized spacial score (nSPS) is 16.5. The van der Waals surface area contributed by atoms with Crippen molar-refractivity contribution in [1.29, 1.82) is 0 Å². The quantitative estimate of drug-likeness (QED) is 0.588. The van der Waals surface area contributed by atoms with Crippen molar-refractivity contribution in [2.24, 2.45) is 5.92 Å². The lowest BCUT2D eigenvalue weighted by Crippen LogP contribution is -2.26. The zero-order chi connectivity index (χ0) is 19.5. The molecule has 7 heteroatoms. The Hall–Kier alpha value is -2.93. The summed E-state index contributed by atoms with van der Waals surface area (Å²) in [7, 11) is 0. The fourth-order valence-corrected chi connectivity index (χ4v) is 3.83. The standard InChI is InChI=1S/C21H20N2O4S/c1-2-14-5-7-17(8-6-14)23-11-15(10-19(23)24)21(25)27-13-16-12-26-20(22-16)18-4-3-9-28-18/h3-9,12,15H,2,10-11,13H2,1H3/t15-/m1/s1. The number of hydrogen-bond donors (Lipinski definition) is 0. The van der Waals surface area contributed by atoms with E-state index in [1.807, 2.05) is 41.8 Å². The van der Waals surface area contributed by atoms with Crippen LogP contribution in [0.3, 0.4) is 0 Å². The predicted octanol–water partition coefficient (Wildman–Crippen LogP) is 4.06. The molecule has 0 N–H and O–H groups in total. The Morgan fingerprint density at radius 1 is 1.32 bits per heavy atom. The van der Waals surface area contributed by atoms with Crippen LogP contribution in [0.15, 0.2) is 52.5 Å². The van der Waals surface area contributed by atoms with Crippen molar-refractivity contribution in [3.05, 3.63) is 59.3 Å². The summed E-state index contributed by atoms with van der Waals surface area (Å²) in [4.78, 5) is 31.7. The van der Waals surface area contributed by atoms with Gasteiger partial charge in [0.1, 0.15) is 18.6 Å². The van der Waals surface area contributed by atoms with Crippen LogP contribution in [0.5, 0.6) is 0 Å². The van der Waals surface area contributed by atoms with Gasteiger partial charge in [-0.25, -0.2) is 4.98 Å². The third-order valence-corrected chi connectivity index (χ3v) is 5.62. The molecule has 3 aromatic rings. The Morgan fingerprint density at radius 2 is 2.14 bits per heavy atom. The van der Waals surface area contributed by atoms with Gasteiger partial charge in [-0.05, 0) is 35.6 Å². The van der Waals surface area contributed by atoms with Crippen LogP contribution in [0.25, 0.3) is 10.8 Å². The molecule has 0 saturated carbocycles. The Bertz CT molecular complexity index is 963. The molecule has 0 aliphatic carbocycles. The largest absolute Gasteiger partial charge is 0.459 e. The predicted molar refractivity (Wildman–Crippen MR) is 106 cm³/mol. The second-order valence-corrected chi connectivity index (χ2v) is 7.60.